The molecule has 1 unspecified atom stereocenters. The Morgan fingerprint density at radius 3 is 3.00 bits per heavy atom. The maximum Gasteiger partial charge on any atom is 0.128 e. The van der Waals surface area contributed by atoms with Gasteiger partial charge in [-0.3, -0.25) is 0 Å². The summed E-state index contributed by atoms with van der Waals surface area (Å²) >= 11 is 0. The molecular weight excluding hydrogens is 174 g/mol. The molecule has 0 radical (unpaired) electrons. The lowest BCUT2D eigenvalue weighted by Crippen LogP contribution is -2.23. The Labute approximate surface area is 84.7 Å². The Bertz CT molecular complexity index is 307. The molecule has 1 heterocycles. The lowest BCUT2D eigenvalue weighted by molar-refractivity contribution is 0.496. The molecule has 1 atom stereocenters. The van der Waals surface area contributed by atoms with E-state index in [-0.39, 0.29) is 0 Å². The van der Waals surface area contributed by atoms with E-state index in [1.165, 1.54) is 12.8 Å². The van der Waals surface area contributed by atoms with Crippen molar-refractivity contribution in [3.05, 3.63) is 23.9 Å². The number of nitrogens with zero attached hydrogens (tertiary/aromatic N) is 1. The van der Waals surface area contributed by atoms with Crippen molar-refractivity contribution >= 4 is 5.82 Å². The van der Waals surface area contributed by atoms with Crippen LogP contribution in [-0.2, 0) is 0 Å². The largest absolute Gasteiger partial charge is 0.383 e. The fourth-order valence-corrected chi connectivity index (χ4v) is 1.87. The van der Waals surface area contributed by atoms with Gasteiger partial charge in [0, 0.05) is 17.8 Å². The molecule has 76 valence electrons. The molecule has 1 aliphatic rings. The van der Waals surface area contributed by atoms with E-state index < -0.39 is 0 Å². The van der Waals surface area contributed by atoms with E-state index in [4.69, 9.17) is 5.73 Å². The maximum absolute atomic E-state index is 5.87. The van der Waals surface area contributed by atoms with Gasteiger partial charge in [-0.25, -0.2) is 4.98 Å². The summed E-state index contributed by atoms with van der Waals surface area (Å²) in [6, 6.07) is 4.44. The van der Waals surface area contributed by atoms with Crippen molar-refractivity contribution in [1.29, 1.82) is 0 Å². The molecular formula is C11H17N3. The van der Waals surface area contributed by atoms with Crippen LogP contribution in [0, 0.1) is 5.92 Å². The van der Waals surface area contributed by atoms with Gasteiger partial charge < -0.3 is 11.1 Å². The van der Waals surface area contributed by atoms with Crippen LogP contribution in [0.15, 0.2) is 18.3 Å². The molecule has 1 saturated carbocycles. The number of aromatic nitrogens is 1. The van der Waals surface area contributed by atoms with Crippen molar-refractivity contribution in [2.75, 3.05) is 12.3 Å². The summed E-state index contributed by atoms with van der Waals surface area (Å²) < 4.78 is 0. The fraction of sp³-hybridized carbons (Fsp3) is 0.545. The number of hydrogen-bond donors (Lipinski definition) is 2. The highest BCUT2D eigenvalue weighted by Crippen LogP contribution is 2.41. The highest BCUT2D eigenvalue weighted by Gasteiger charge is 2.32. The predicted octanol–water partition coefficient (Wildman–Crippen LogP) is 1.72. The Morgan fingerprint density at radius 2 is 2.43 bits per heavy atom. The van der Waals surface area contributed by atoms with Crippen LogP contribution in [0.4, 0.5) is 5.82 Å². The Morgan fingerprint density at radius 1 is 1.64 bits per heavy atom. The normalized spacial score (nSPS) is 18.1. The first-order chi connectivity index (χ1) is 6.83. The van der Waals surface area contributed by atoms with Gasteiger partial charge in [0.05, 0.1) is 0 Å². The maximum atomic E-state index is 5.87. The van der Waals surface area contributed by atoms with Crippen LogP contribution in [-0.4, -0.2) is 11.5 Å². The average molecular weight is 191 g/mol. The average Bonchev–Trinajstić information content (AvgIpc) is 2.99. The summed E-state index contributed by atoms with van der Waals surface area (Å²) in [6.07, 6.45) is 4.37. The minimum atomic E-state index is 0.411. The summed E-state index contributed by atoms with van der Waals surface area (Å²) in [7, 11) is 0. The predicted molar refractivity (Wildman–Crippen MR) is 57.8 cm³/mol. The number of nitrogens with two attached hydrogens (primary N) is 1. The van der Waals surface area contributed by atoms with Crippen molar-refractivity contribution in [2.24, 2.45) is 5.92 Å². The number of nitrogens with one attached hydrogen (secondary N) is 1. The van der Waals surface area contributed by atoms with Gasteiger partial charge in [-0.2, -0.15) is 0 Å². The van der Waals surface area contributed by atoms with Gasteiger partial charge in [-0.15, -0.1) is 0 Å². The highest BCUT2D eigenvalue weighted by molar-refractivity contribution is 5.41. The standard InChI is InChI=1S/C11H17N3/c1-2-13-10(8-5-6-8)9-4-3-7-14-11(9)12/h3-4,7-8,10,13H,2,5-6H2,1H3,(H2,12,14). The zero-order chi connectivity index (χ0) is 9.97. The third-order valence-corrected chi connectivity index (χ3v) is 2.72. The van der Waals surface area contributed by atoms with Crippen molar-refractivity contribution in [2.45, 2.75) is 25.8 Å². The molecule has 0 aromatic carbocycles. The molecule has 3 N–H and O–H groups in total. The molecule has 0 bridgehead atoms. The lowest BCUT2D eigenvalue weighted by atomic mass is 10.0. The molecule has 3 heteroatoms. The summed E-state index contributed by atoms with van der Waals surface area (Å²) in [5, 5.41) is 3.48. The molecule has 1 fully saturated rings. The van der Waals surface area contributed by atoms with E-state index >= 15 is 0 Å². The van der Waals surface area contributed by atoms with Crippen LogP contribution in [0.1, 0.15) is 31.4 Å². The van der Waals surface area contributed by atoms with E-state index in [1.807, 2.05) is 6.07 Å². The highest BCUT2D eigenvalue weighted by atomic mass is 14.9. The van der Waals surface area contributed by atoms with Crippen LogP contribution in [0.3, 0.4) is 0 Å². The lowest BCUT2D eigenvalue weighted by Gasteiger charge is -2.18. The van der Waals surface area contributed by atoms with Gasteiger partial charge in [0.1, 0.15) is 5.82 Å². The number of anilines is 1. The summed E-state index contributed by atoms with van der Waals surface area (Å²) in [4.78, 5) is 4.13. The Balaban J connectivity index is 2.21. The molecule has 0 aliphatic heterocycles. The second kappa shape index (κ2) is 3.96. The Kier molecular flexibility index (Phi) is 2.68. The van der Waals surface area contributed by atoms with Gasteiger partial charge >= 0.3 is 0 Å². The van der Waals surface area contributed by atoms with Crippen LogP contribution in [0.2, 0.25) is 0 Å². The van der Waals surface area contributed by atoms with Crippen LogP contribution < -0.4 is 11.1 Å². The summed E-state index contributed by atoms with van der Waals surface area (Å²) in [6.45, 7) is 3.11. The molecule has 3 nitrogen and oxygen atoms in total. The third-order valence-electron chi connectivity index (χ3n) is 2.72. The van der Waals surface area contributed by atoms with Gasteiger partial charge in [0.25, 0.3) is 0 Å². The fourth-order valence-electron chi connectivity index (χ4n) is 1.87. The van der Waals surface area contributed by atoms with E-state index in [0.717, 1.165) is 18.0 Å². The third kappa shape index (κ3) is 1.87. The van der Waals surface area contributed by atoms with Crippen molar-refractivity contribution < 1.29 is 0 Å². The van der Waals surface area contributed by atoms with Gasteiger partial charge in [-0.1, -0.05) is 13.0 Å². The smallest absolute Gasteiger partial charge is 0.128 e. The molecule has 0 saturated heterocycles. The van der Waals surface area contributed by atoms with Crippen LogP contribution in [0.25, 0.3) is 0 Å². The van der Waals surface area contributed by atoms with Crippen LogP contribution >= 0.6 is 0 Å². The minimum Gasteiger partial charge on any atom is -0.383 e. The number of pyridine rings is 1. The van der Waals surface area contributed by atoms with E-state index in [0.29, 0.717) is 11.9 Å². The van der Waals surface area contributed by atoms with Crippen LogP contribution in [0.5, 0.6) is 0 Å². The van der Waals surface area contributed by atoms with Crippen molar-refractivity contribution in [3.8, 4) is 0 Å². The topological polar surface area (TPSA) is 50.9 Å². The van der Waals surface area contributed by atoms with Gasteiger partial charge in [0.15, 0.2) is 0 Å². The van der Waals surface area contributed by atoms with Crippen molar-refractivity contribution in [1.82, 2.24) is 10.3 Å². The second-order valence-electron chi connectivity index (χ2n) is 3.85. The van der Waals surface area contributed by atoms with E-state index in [2.05, 4.69) is 23.3 Å². The van der Waals surface area contributed by atoms with Gasteiger partial charge in [0.2, 0.25) is 0 Å². The summed E-state index contributed by atoms with van der Waals surface area (Å²) in [5.41, 5.74) is 7.03. The molecule has 0 spiro atoms. The van der Waals surface area contributed by atoms with Gasteiger partial charge in [-0.05, 0) is 31.4 Å². The Hall–Kier alpha value is -1.09. The number of nitrogen functional groups attached to an aromatic ring is 1. The zero-order valence-electron chi connectivity index (χ0n) is 8.53. The quantitative estimate of drug-likeness (QED) is 0.762. The molecule has 1 aliphatic carbocycles. The summed E-state index contributed by atoms with van der Waals surface area (Å²) in [5.74, 6) is 1.44. The molecule has 2 rings (SSSR count). The zero-order valence-corrected chi connectivity index (χ0v) is 8.53. The van der Waals surface area contributed by atoms with E-state index in [9.17, 15) is 0 Å². The first kappa shape index (κ1) is 9.46. The molecule has 0 amide bonds. The molecule has 14 heavy (non-hydrogen) atoms. The monoisotopic (exact) mass is 191 g/mol. The minimum absolute atomic E-state index is 0.411. The number of rotatable bonds is 4. The van der Waals surface area contributed by atoms with Crippen molar-refractivity contribution in [3.63, 3.8) is 0 Å². The molecule has 1 aromatic heterocycles. The number of hydrogen-bond acceptors (Lipinski definition) is 3. The first-order valence-corrected chi connectivity index (χ1v) is 5.26. The molecule has 1 aromatic rings. The first-order valence-electron chi connectivity index (χ1n) is 5.26. The SMILES string of the molecule is CCNC(c1cccnc1N)C1CC1. The second-order valence-corrected chi connectivity index (χ2v) is 3.85. The van der Waals surface area contributed by atoms with E-state index in [1.54, 1.807) is 6.20 Å².